The molecule has 0 aliphatic heterocycles. The summed E-state index contributed by atoms with van der Waals surface area (Å²) in [6.45, 7) is 3.32. The molecule has 1 rings (SSSR count). The Morgan fingerprint density at radius 1 is 1.31 bits per heavy atom. The van der Waals surface area contributed by atoms with Gasteiger partial charge in [-0.1, -0.05) is 6.58 Å². The van der Waals surface area contributed by atoms with Crippen LogP contribution in [0.5, 0.6) is 5.75 Å². The van der Waals surface area contributed by atoms with Crippen molar-refractivity contribution in [3.05, 3.63) is 36.4 Å². The molecule has 0 saturated carbocycles. The van der Waals surface area contributed by atoms with Crippen LogP contribution in [-0.4, -0.2) is 13.5 Å². The molecule has 5 heteroatoms. The number of benzene rings is 1. The van der Waals surface area contributed by atoms with Crippen molar-refractivity contribution < 1.29 is 13.5 Å². The SMILES string of the molecule is C=C(c1ccc(O)cc1)S(=O)(=O)Cl. The zero-order valence-electron chi connectivity index (χ0n) is 6.57. The first-order chi connectivity index (χ1) is 5.91. The third-order valence-electron chi connectivity index (χ3n) is 1.48. The Kier molecular flexibility index (Phi) is 2.63. The maximum Gasteiger partial charge on any atom is 0.261 e. The quantitative estimate of drug-likeness (QED) is 0.772. The predicted octanol–water partition coefficient (Wildman–Crippen LogP) is 1.93. The van der Waals surface area contributed by atoms with Gasteiger partial charge in [0.25, 0.3) is 9.05 Å². The molecule has 0 aromatic heterocycles. The molecule has 0 spiro atoms. The van der Waals surface area contributed by atoms with E-state index < -0.39 is 9.05 Å². The van der Waals surface area contributed by atoms with E-state index in [-0.39, 0.29) is 10.7 Å². The van der Waals surface area contributed by atoms with E-state index in [9.17, 15) is 8.42 Å². The highest BCUT2D eigenvalue weighted by Crippen LogP contribution is 2.23. The summed E-state index contributed by atoms with van der Waals surface area (Å²) in [5.41, 5.74) is 0.368. The molecular weight excluding hydrogens is 212 g/mol. The molecule has 1 aromatic carbocycles. The Bertz CT molecular complexity index is 419. The molecule has 0 unspecified atom stereocenters. The Balaban J connectivity index is 3.12. The van der Waals surface area contributed by atoms with Crippen molar-refractivity contribution in [1.29, 1.82) is 0 Å². The molecule has 0 saturated heterocycles. The summed E-state index contributed by atoms with van der Waals surface area (Å²) >= 11 is 0. The van der Waals surface area contributed by atoms with Gasteiger partial charge in [0.2, 0.25) is 0 Å². The lowest BCUT2D eigenvalue weighted by Gasteiger charge is -2.00. The molecule has 0 aliphatic rings. The zero-order valence-corrected chi connectivity index (χ0v) is 8.14. The molecule has 0 aliphatic carbocycles. The van der Waals surface area contributed by atoms with Crippen LogP contribution in [0.3, 0.4) is 0 Å². The molecule has 0 bridgehead atoms. The largest absolute Gasteiger partial charge is 0.508 e. The van der Waals surface area contributed by atoms with E-state index in [1.54, 1.807) is 0 Å². The molecule has 1 aromatic rings. The smallest absolute Gasteiger partial charge is 0.261 e. The van der Waals surface area contributed by atoms with Crippen molar-refractivity contribution in [3.63, 3.8) is 0 Å². The maximum absolute atomic E-state index is 10.8. The lowest BCUT2D eigenvalue weighted by atomic mass is 10.2. The Labute approximate surface area is 80.7 Å². The van der Waals surface area contributed by atoms with E-state index in [1.165, 1.54) is 24.3 Å². The minimum Gasteiger partial charge on any atom is -0.508 e. The van der Waals surface area contributed by atoms with Crippen molar-refractivity contribution in [2.24, 2.45) is 0 Å². The summed E-state index contributed by atoms with van der Waals surface area (Å²) in [7, 11) is 1.30. The number of phenols is 1. The van der Waals surface area contributed by atoms with Gasteiger partial charge in [0, 0.05) is 10.7 Å². The summed E-state index contributed by atoms with van der Waals surface area (Å²) in [6.07, 6.45) is 0. The lowest BCUT2D eigenvalue weighted by molar-refractivity contribution is 0.475. The fourth-order valence-corrected chi connectivity index (χ4v) is 1.47. The number of halogens is 1. The highest BCUT2D eigenvalue weighted by atomic mass is 35.7. The van der Waals surface area contributed by atoms with Crippen LogP contribution in [0.15, 0.2) is 30.8 Å². The standard InChI is InChI=1S/C8H7ClO3S/c1-6(13(9,11)12)7-2-4-8(10)5-3-7/h2-5,10H,1H2. The van der Waals surface area contributed by atoms with Crippen LogP contribution >= 0.6 is 10.7 Å². The number of rotatable bonds is 2. The molecule has 0 fully saturated rings. The molecule has 0 atom stereocenters. The van der Waals surface area contributed by atoms with Crippen molar-refractivity contribution in [1.82, 2.24) is 0 Å². The van der Waals surface area contributed by atoms with Crippen LogP contribution in [-0.2, 0) is 9.05 Å². The van der Waals surface area contributed by atoms with Gasteiger partial charge in [0.1, 0.15) is 5.75 Å². The molecular formula is C8H7ClO3S. The van der Waals surface area contributed by atoms with Gasteiger partial charge in [0.05, 0.1) is 4.91 Å². The van der Waals surface area contributed by atoms with Gasteiger partial charge in [0.15, 0.2) is 0 Å². The van der Waals surface area contributed by atoms with E-state index in [0.29, 0.717) is 5.56 Å². The molecule has 3 nitrogen and oxygen atoms in total. The summed E-state index contributed by atoms with van der Waals surface area (Å²) in [4.78, 5) is -0.172. The van der Waals surface area contributed by atoms with E-state index in [2.05, 4.69) is 6.58 Å². The average Bonchev–Trinajstić information content (AvgIpc) is 2.03. The zero-order chi connectivity index (χ0) is 10.1. The highest BCUT2D eigenvalue weighted by molar-refractivity contribution is 8.21. The Hall–Kier alpha value is -1.000. The van der Waals surface area contributed by atoms with Crippen molar-refractivity contribution in [2.75, 3.05) is 0 Å². The second-order valence-electron chi connectivity index (χ2n) is 2.41. The minimum atomic E-state index is -3.77. The van der Waals surface area contributed by atoms with Crippen LogP contribution in [0.25, 0.3) is 4.91 Å². The van der Waals surface area contributed by atoms with Gasteiger partial charge in [-0.05, 0) is 29.8 Å². The molecule has 70 valence electrons. The lowest BCUT2D eigenvalue weighted by Crippen LogP contribution is -1.92. The number of hydrogen-bond acceptors (Lipinski definition) is 3. The van der Waals surface area contributed by atoms with Crippen LogP contribution in [0.1, 0.15) is 5.56 Å². The monoisotopic (exact) mass is 218 g/mol. The number of phenolic OH excluding ortho intramolecular Hbond substituents is 1. The second-order valence-corrected chi connectivity index (χ2v) is 5.00. The first-order valence-electron chi connectivity index (χ1n) is 3.34. The van der Waals surface area contributed by atoms with Crippen LogP contribution in [0.4, 0.5) is 0 Å². The molecule has 0 radical (unpaired) electrons. The van der Waals surface area contributed by atoms with E-state index in [4.69, 9.17) is 15.8 Å². The molecule has 0 amide bonds. The summed E-state index contributed by atoms with van der Waals surface area (Å²) in [6, 6.07) is 5.58. The van der Waals surface area contributed by atoms with E-state index in [0.717, 1.165) is 0 Å². The van der Waals surface area contributed by atoms with E-state index in [1.807, 2.05) is 0 Å². The van der Waals surface area contributed by atoms with Gasteiger partial charge in [-0.3, -0.25) is 0 Å². The van der Waals surface area contributed by atoms with Crippen molar-refractivity contribution in [2.45, 2.75) is 0 Å². The van der Waals surface area contributed by atoms with Crippen LogP contribution in [0, 0.1) is 0 Å². The van der Waals surface area contributed by atoms with Gasteiger partial charge < -0.3 is 5.11 Å². The third kappa shape index (κ3) is 2.47. The number of aromatic hydroxyl groups is 1. The first-order valence-corrected chi connectivity index (χ1v) is 5.65. The van der Waals surface area contributed by atoms with Crippen molar-refractivity contribution >= 4 is 24.6 Å². The molecule has 0 heterocycles. The third-order valence-corrected chi connectivity index (χ3v) is 2.87. The van der Waals surface area contributed by atoms with Gasteiger partial charge in [-0.15, -0.1) is 0 Å². The Morgan fingerprint density at radius 3 is 2.15 bits per heavy atom. The average molecular weight is 219 g/mol. The molecule has 13 heavy (non-hydrogen) atoms. The Morgan fingerprint density at radius 2 is 1.77 bits per heavy atom. The van der Waals surface area contributed by atoms with Gasteiger partial charge in [-0.25, -0.2) is 8.42 Å². The van der Waals surface area contributed by atoms with Crippen molar-refractivity contribution in [3.8, 4) is 5.75 Å². The normalized spacial score (nSPS) is 11.2. The maximum atomic E-state index is 10.8. The van der Waals surface area contributed by atoms with E-state index >= 15 is 0 Å². The summed E-state index contributed by atoms with van der Waals surface area (Å²) in [5.74, 6) is 0.0588. The van der Waals surface area contributed by atoms with Gasteiger partial charge >= 0.3 is 0 Å². The molecule has 1 N–H and O–H groups in total. The highest BCUT2D eigenvalue weighted by Gasteiger charge is 2.12. The van der Waals surface area contributed by atoms with Crippen LogP contribution in [0.2, 0.25) is 0 Å². The first kappa shape index (κ1) is 10.1. The second kappa shape index (κ2) is 3.40. The van der Waals surface area contributed by atoms with Gasteiger partial charge in [-0.2, -0.15) is 0 Å². The number of hydrogen-bond donors (Lipinski definition) is 1. The fourth-order valence-electron chi connectivity index (χ4n) is 0.788. The summed E-state index contributed by atoms with van der Waals surface area (Å²) in [5, 5.41) is 8.93. The fraction of sp³-hybridized carbons (Fsp3) is 0. The minimum absolute atomic E-state index is 0.0588. The topological polar surface area (TPSA) is 54.4 Å². The van der Waals surface area contributed by atoms with Crippen LogP contribution < -0.4 is 0 Å². The summed E-state index contributed by atoms with van der Waals surface area (Å²) < 4.78 is 21.6. The predicted molar refractivity (Wildman–Crippen MR) is 51.9 cm³/mol.